The molecule has 0 radical (unpaired) electrons. The molecule has 0 unspecified atom stereocenters. The maximum Gasteiger partial charge on any atom is 0.235 e. The lowest BCUT2D eigenvalue weighted by molar-refractivity contribution is -0.118. The highest BCUT2D eigenvalue weighted by atomic mass is 32.2. The molecule has 1 rings (SSSR count). The second-order valence-corrected chi connectivity index (χ2v) is 6.69. The molecule has 0 bridgehead atoms. The first-order valence-electron chi connectivity index (χ1n) is 6.03. The number of amides is 1. The third kappa shape index (κ3) is 7.33. The van der Waals surface area contributed by atoms with Crippen molar-refractivity contribution in [2.75, 3.05) is 25.2 Å². The van der Waals surface area contributed by atoms with Crippen LogP contribution >= 0.6 is 0 Å². The maximum absolute atomic E-state index is 11.2. The Morgan fingerprint density at radius 1 is 1.41 bits per heavy atom. The van der Waals surface area contributed by atoms with E-state index in [1.807, 2.05) is 0 Å². The first kappa shape index (κ1) is 14.4. The first-order chi connectivity index (χ1) is 7.97. The summed E-state index contributed by atoms with van der Waals surface area (Å²) in [6.45, 7) is 1.41. The molecular formula is C11H21NO4S. The topological polar surface area (TPSA) is 72.5 Å². The van der Waals surface area contributed by atoms with Crippen molar-refractivity contribution in [1.82, 2.24) is 5.32 Å². The molecule has 6 heteroatoms. The quantitative estimate of drug-likeness (QED) is 0.679. The van der Waals surface area contributed by atoms with E-state index in [1.54, 1.807) is 0 Å². The molecule has 1 saturated heterocycles. The number of carbonyl (C=O) groups excluding carboxylic acids is 1. The van der Waals surface area contributed by atoms with E-state index in [0.717, 1.165) is 45.0 Å². The third-order valence-electron chi connectivity index (χ3n) is 2.69. The van der Waals surface area contributed by atoms with Gasteiger partial charge in [0.15, 0.2) is 9.84 Å². The molecule has 1 heterocycles. The number of carbonyl (C=O) groups is 1. The Bertz CT molecular complexity index is 333. The third-order valence-corrected chi connectivity index (χ3v) is 3.48. The number of rotatable bonds is 7. The van der Waals surface area contributed by atoms with Crippen LogP contribution < -0.4 is 5.32 Å². The molecule has 1 atom stereocenters. The lowest BCUT2D eigenvalue weighted by Gasteiger charge is -2.09. The Morgan fingerprint density at radius 2 is 2.18 bits per heavy atom. The Hall–Kier alpha value is -0.620. The minimum atomic E-state index is -3.21. The van der Waals surface area contributed by atoms with E-state index in [9.17, 15) is 13.2 Å². The van der Waals surface area contributed by atoms with Crippen LogP contribution in [0.2, 0.25) is 0 Å². The van der Waals surface area contributed by atoms with Crippen molar-refractivity contribution < 1.29 is 17.9 Å². The van der Waals surface area contributed by atoms with Crippen LogP contribution in [0.4, 0.5) is 0 Å². The van der Waals surface area contributed by atoms with E-state index in [4.69, 9.17) is 4.74 Å². The molecule has 1 amide bonds. The monoisotopic (exact) mass is 263 g/mol. The van der Waals surface area contributed by atoms with Gasteiger partial charge in [-0.15, -0.1) is 0 Å². The van der Waals surface area contributed by atoms with Crippen molar-refractivity contribution in [1.29, 1.82) is 0 Å². The van der Waals surface area contributed by atoms with Crippen molar-refractivity contribution in [3.8, 4) is 0 Å². The maximum atomic E-state index is 11.2. The van der Waals surface area contributed by atoms with Crippen LogP contribution in [-0.2, 0) is 19.4 Å². The highest BCUT2D eigenvalue weighted by Crippen LogP contribution is 2.17. The van der Waals surface area contributed by atoms with Gasteiger partial charge < -0.3 is 10.1 Å². The summed E-state index contributed by atoms with van der Waals surface area (Å²) >= 11 is 0. The zero-order valence-electron chi connectivity index (χ0n) is 10.3. The van der Waals surface area contributed by atoms with Gasteiger partial charge in [0, 0.05) is 19.4 Å². The van der Waals surface area contributed by atoms with Crippen LogP contribution in [0.5, 0.6) is 0 Å². The normalized spacial score (nSPS) is 20.4. The van der Waals surface area contributed by atoms with Crippen LogP contribution in [0.15, 0.2) is 0 Å². The minimum Gasteiger partial charge on any atom is -0.378 e. The summed E-state index contributed by atoms with van der Waals surface area (Å²) in [5, 5.41) is 2.61. The zero-order chi connectivity index (χ0) is 12.7. The smallest absolute Gasteiger partial charge is 0.235 e. The van der Waals surface area contributed by atoms with Gasteiger partial charge in [-0.2, -0.15) is 0 Å². The fraction of sp³-hybridized carbons (Fsp3) is 0.909. The highest BCUT2D eigenvalue weighted by Gasteiger charge is 2.14. The molecule has 1 N–H and O–H groups in total. The van der Waals surface area contributed by atoms with Gasteiger partial charge in [-0.25, -0.2) is 8.42 Å². The van der Waals surface area contributed by atoms with Gasteiger partial charge in [-0.1, -0.05) is 0 Å². The van der Waals surface area contributed by atoms with Gasteiger partial charge in [0.25, 0.3) is 0 Å². The number of hydrogen-bond donors (Lipinski definition) is 1. The second-order valence-electron chi connectivity index (χ2n) is 4.55. The minimum absolute atomic E-state index is 0.390. The van der Waals surface area contributed by atoms with Crippen molar-refractivity contribution >= 4 is 15.7 Å². The van der Waals surface area contributed by atoms with Crippen LogP contribution in [-0.4, -0.2) is 45.6 Å². The fourth-order valence-corrected chi connectivity index (χ4v) is 2.46. The van der Waals surface area contributed by atoms with Crippen LogP contribution in [0.25, 0.3) is 0 Å². The molecule has 0 saturated carbocycles. The molecule has 5 nitrogen and oxygen atoms in total. The second kappa shape index (κ2) is 6.96. The summed E-state index contributed by atoms with van der Waals surface area (Å²) in [5.41, 5.74) is 0. The van der Waals surface area contributed by atoms with Crippen LogP contribution in [0.1, 0.15) is 32.1 Å². The molecule has 0 spiro atoms. The first-order valence-corrected chi connectivity index (χ1v) is 8.09. The van der Waals surface area contributed by atoms with Gasteiger partial charge >= 0.3 is 0 Å². The predicted molar refractivity (Wildman–Crippen MR) is 65.5 cm³/mol. The Morgan fingerprint density at radius 3 is 2.76 bits per heavy atom. The lowest BCUT2D eigenvalue weighted by Crippen LogP contribution is -2.30. The van der Waals surface area contributed by atoms with E-state index in [0.29, 0.717) is 12.6 Å². The van der Waals surface area contributed by atoms with Crippen molar-refractivity contribution in [2.45, 2.75) is 38.2 Å². The standard InChI is InChI=1S/C11H21NO4S/c1-17(14,15)9-11(13)12-7-3-2-5-10-6-4-8-16-10/h10H,2-9H2,1H3,(H,12,13)/t10-/m1/s1. The summed E-state index contributed by atoms with van der Waals surface area (Å²) in [6.07, 6.45) is 6.64. The van der Waals surface area contributed by atoms with Gasteiger partial charge in [0.1, 0.15) is 5.75 Å². The molecule has 1 aliphatic rings. The summed E-state index contributed by atoms with van der Waals surface area (Å²) in [7, 11) is -3.21. The molecule has 1 aliphatic heterocycles. The number of nitrogens with one attached hydrogen (secondary N) is 1. The van der Waals surface area contributed by atoms with E-state index in [1.165, 1.54) is 0 Å². The molecule has 0 aromatic carbocycles. The molecule has 0 aliphatic carbocycles. The van der Waals surface area contributed by atoms with E-state index < -0.39 is 21.5 Å². The number of sulfone groups is 1. The molecule has 17 heavy (non-hydrogen) atoms. The summed E-state index contributed by atoms with van der Waals surface area (Å²) < 4.78 is 27.1. The summed E-state index contributed by atoms with van der Waals surface area (Å²) in [4.78, 5) is 11.2. The van der Waals surface area contributed by atoms with Gasteiger partial charge in [0.2, 0.25) is 5.91 Å². The van der Waals surface area contributed by atoms with E-state index in [2.05, 4.69) is 5.32 Å². The number of unbranched alkanes of at least 4 members (excludes halogenated alkanes) is 1. The molecule has 1 fully saturated rings. The summed E-state index contributed by atoms with van der Waals surface area (Å²) in [6, 6.07) is 0. The molecule has 0 aromatic rings. The largest absolute Gasteiger partial charge is 0.378 e. The van der Waals surface area contributed by atoms with Crippen LogP contribution in [0, 0.1) is 0 Å². The predicted octanol–water partition coefficient (Wildman–Crippen LogP) is 0.496. The van der Waals surface area contributed by atoms with E-state index in [-0.39, 0.29) is 0 Å². The molecule has 100 valence electrons. The average molecular weight is 263 g/mol. The molecular weight excluding hydrogens is 242 g/mol. The molecule has 0 aromatic heterocycles. The SMILES string of the molecule is CS(=O)(=O)CC(=O)NCCCC[C@@H]1CCCO1. The average Bonchev–Trinajstić information content (AvgIpc) is 2.67. The zero-order valence-corrected chi connectivity index (χ0v) is 11.1. The Balaban J connectivity index is 1.98. The lowest BCUT2D eigenvalue weighted by atomic mass is 10.1. The number of hydrogen-bond acceptors (Lipinski definition) is 4. The fourth-order valence-electron chi connectivity index (χ4n) is 1.89. The summed E-state index contributed by atoms with van der Waals surface area (Å²) in [5.74, 6) is -0.830. The Kier molecular flexibility index (Phi) is 5.91. The van der Waals surface area contributed by atoms with Crippen molar-refractivity contribution in [3.05, 3.63) is 0 Å². The van der Waals surface area contributed by atoms with Gasteiger partial charge in [-0.3, -0.25) is 4.79 Å². The number of ether oxygens (including phenoxy) is 1. The van der Waals surface area contributed by atoms with Crippen molar-refractivity contribution in [3.63, 3.8) is 0 Å². The van der Waals surface area contributed by atoms with Crippen LogP contribution in [0.3, 0.4) is 0 Å². The van der Waals surface area contributed by atoms with Gasteiger partial charge in [-0.05, 0) is 32.1 Å². The highest BCUT2D eigenvalue weighted by molar-refractivity contribution is 7.91. The Labute approximate surface area is 103 Å². The van der Waals surface area contributed by atoms with E-state index >= 15 is 0 Å². The van der Waals surface area contributed by atoms with Crippen molar-refractivity contribution in [2.24, 2.45) is 0 Å². The van der Waals surface area contributed by atoms with Gasteiger partial charge in [0.05, 0.1) is 6.10 Å².